The van der Waals surface area contributed by atoms with E-state index >= 15 is 0 Å². The second-order valence-electron chi connectivity index (χ2n) is 4.47. The van der Waals surface area contributed by atoms with Crippen LogP contribution in [0.1, 0.15) is 18.0 Å². The predicted molar refractivity (Wildman–Crippen MR) is 73.4 cm³/mol. The van der Waals surface area contributed by atoms with E-state index in [1.807, 2.05) is 12.1 Å². The molecule has 2 nitrogen and oxygen atoms in total. The van der Waals surface area contributed by atoms with Crippen molar-refractivity contribution in [3.8, 4) is 0 Å². The molecule has 0 unspecified atom stereocenters. The molecule has 1 aliphatic heterocycles. The van der Waals surface area contributed by atoms with Crippen molar-refractivity contribution >= 4 is 11.6 Å². The first-order valence-corrected chi connectivity index (χ1v) is 6.61. The van der Waals surface area contributed by atoms with Crippen LogP contribution < -0.4 is 5.32 Å². The highest BCUT2D eigenvalue weighted by molar-refractivity contribution is 6.31. The molecule has 1 aliphatic rings. The minimum atomic E-state index is -0.349. The molecule has 0 aliphatic carbocycles. The Kier molecular flexibility index (Phi) is 4.75. The van der Waals surface area contributed by atoms with E-state index in [9.17, 15) is 4.39 Å². The number of benzene rings is 1. The molecule has 2 rings (SSSR count). The standard InChI is InChI=1S/C14H18ClFN2/c1-2-4-13(18-9-7-17-8-10-18)11-5-3-6-12(16)14(11)15/h2-3,5-6,13,17H,1,4,7-10H2/t13-/m0/s1. The summed E-state index contributed by atoms with van der Waals surface area (Å²) >= 11 is 6.09. The van der Waals surface area contributed by atoms with Crippen molar-refractivity contribution in [2.75, 3.05) is 26.2 Å². The molecule has 1 saturated heterocycles. The summed E-state index contributed by atoms with van der Waals surface area (Å²) in [6.07, 6.45) is 2.65. The summed E-state index contributed by atoms with van der Waals surface area (Å²) in [7, 11) is 0. The van der Waals surface area contributed by atoms with Gasteiger partial charge in [-0.05, 0) is 18.1 Å². The Bertz CT molecular complexity index is 416. The lowest BCUT2D eigenvalue weighted by molar-refractivity contribution is 0.174. The number of hydrogen-bond donors (Lipinski definition) is 1. The summed E-state index contributed by atoms with van der Waals surface area (Å²) in [6, 6.07) is 5.14. The summed E-state index contributed by atoms with van der Waals surface area (Å²) in [5, 5.41) is 3.55. The van der Waals surface area contributed by atoms with E-state index in [2.05, 4.69) is 16.8 Å². The highest BCUT2D eigenvalue weighted by Crippen LogP contribution is 2.32. The van der Waals surface area contributed by atoms with Crippen molar-refractivity contribution in [1.82, 2.24) is 10.2 Å². The van der Waals surface area contributed by atoms with Crippen LogP contribution in [0.2, 0.25) is 5.02 Å². The number of hydrogen-bond acceptors (Lipinski definition) is 2. The van der Waals surface area contributed by atoms with Crippen molar-refractivity contribution in [2.24, 2.45) is 0 Å². The fourth-order valence-corrected chi connectivity index (χ4v) is 2.65. The van der Waals surface area contributed by atoms with E-state index in [4.69, 9.17) is 11.6 Å². The van der Waals surface area contributed by atoms with E-state index in [0.717, 1.165) is 38.2 Å². The SMILES string of the molecule is C=CC[C@@H](c1cccc(F)c1Cl)N1CCNCC1. The molecule has 1 aromatic rings. The average Bonchev–Trinajstić information content (AvgIpc) is 2.41. The molecular weight excluding hydrogens is 251 g/mol. The summed E-state index contributed by atoms with van der Waals surface area (Å²) < 4.78 is 13.6. The normalized spacial score (nSPS) is 18.6. The molecular formula is C14H18ClFN2. The summed E-state index contributed by atoms with van der Waals surface area (Å²) in [6.45, 7) is 7.61. The van der Waals surface area contributed by atoms with Crippen molar-refractivity contribution in [3.05, 3.63) is 47.3 Å². The summed E-state index contributed by atoms with van der Waals surface area (Å²) in [4.78, 5) is 2.33. The zero-order valence-electron chi connectivity index (χ0n) is 10.3. The second-order valence-corrected chi connectivity index (χ2v) is 4.85. The van der Waals surface area contributed by atoms with Crippen molar-refractivity contribution in [2.45, 2.75) is 12.5 Å². The van der Waals surface area contributed by atoms with Crippen LogP contribution in [-0.2, 0) is 0 Å². The zero-order chi connectivity index (χ0) is 13.0. The fourth-order valence-electron chi connectivity index (χ4n) is 2.40. The average molecular weight is 269 g/mol. The van der Waals surface area contributed by atoms with Crippen LogP contribution in [0.15, 0.2) is 30.9 Å². The largest absolute Gasteiger partial charge is 0.314 e. The van der Waals surface area contributed by atoms with Crippen LogP contribution in [0.3, 0.4) is 0 Å². The maximum atomic E-state index is 13.6. The maximum absolute atomic E-state index is 13.6. The van der Waals surface area contributed by atoms with Crippen LogP contribution in [0, 0.1) is 5.82 Å². The van der Waals surface area contributed by atoms with Gasteiger partial charge < -0.3 is 5.32 Å². The van der Waals surface area contributed by atoms with Crippen molar-refractivity contribution < 1.29 is 4.39 Å². The first-order chi connectivity index (χ1) is 8.74. The molecule has 0 bridgehead atoms. The van der Waals surface area contributed by atoms with Crippen LogP contribution in [-0.4, -0.2) is 31.1 Å². The monoisotopic (exact) mass is 268 g/mol. The first kappa shape index (κ1) is 13.5. The third-order valence-corrected chi connectivity index (χ3v) is 3.72. The molecule has 0 saturated carbocycles. The zero-order valence-corrected chi connectivity index (χ0v) is 11.1. The maximum Gasteiger partial charge on any atom is 0.142 e. The number of halogens is 2. The van der Waals surface area contributed by atoms with Gasteiger partial charge in [-0.1, -0.05) is 29.8 Å². The molecule has 4 heteroatoms. The van der Waals surface area contributed by atoms with Crippen molar-refractivity contribution in [3.63, 3.8) is 0 Å². The van der Waals surface area contributed by atoms with Crippen LogP contribution in [0.5, 0.6) is 0 Å². The Labute approximate surface area is 112 Å². The second kappa shape index (κ2) is 6.32. The van der Waals surface area contributed by atoms with Gasteiger partial charge in [0.2, 0.25) is 0 Å². The molecule has 0 amide bonds. The Morgan fingerprint density at radius 1 is 1.44 bits per heavy atom. The molecule has 0 aromatic heterocycles. The van der Waals surface area contributed by atoms with E-state index in [1.165, 1.54) is 6.07 Å². The predicted octanol–water partition coefficient (Wildman–Crippen LogP) is 3.00. The third-order valence-electron chi connectivity index (χ3n) is 3.32. The highest BCUT2D eigenvalue weighted by Gasteiger charge is 2.23. The molecule has 1 atom stereocenters. The van der Waals surface area contributed by atoms with Gasteiger partial charge >= 0.3 is 0 Å². The number of piperazine rings is 1. The van der Waals surface area contributed by atoms with Gasteiger partial charge in [-0.15, -0.1) is 6.58 Å². The molecule has 1 N–H and O–H groups in total. The van der Waals surface area contributed by atoms with E-state index < -0.39 is 0 Å². The minimum Gasteiger partial charge on any atom is -0.314 e. The molecule has 18 heavy (non-hydrogen) atoms. The topological polar surface area (TPSA) is 15.3 Å². The van der Waals surface area contributed by atoms with Gasteiger partial charge in [-0.3, -0.25) is 4.90 Å². The summed E-state index contributed by atoms with van der Waals surface area (Å²) in [5.41, 5.74) is 0.860. The highest BCUT2D eigenvalue weighted by atomic mass is 35.5. The van der Waals surface area contributed by atoms with Gasteiger partial charge in [0, 0.05) is 32.2 Å². The van der Waals surface area contributed by atoms with Gasteiger partial charge in [0.25, 0.3) is 0 Å². The van der Waals surface area contributed by atoms with Crippen LogP contribution in [0.25, 0.3) is 0 Å². The Hall–Kier alpha value is -0.900. The van der Waals surface area contributed by atoms with Gasteiger partial charge in [0.15, 0.2) is 0 Å². The lowest BCUT2D eigenvalue weighted by atomic mass is 10.0. The Balaban J connectivity index is 2.28. The van der Waals surface area contributed by atoms with Crippen LogP contribution in [0.4, 0.5) is 4.39 Å². The molecule has 1 heterocycles. The lowest BCUT2D eigenvalue weighted by Gasteiger charge is -2.35. The lowest BCUT2D eigenvalue weighted by Crippen LogP contribution is -2.45. The fraction of sp³-hybridized carbons (Fsp3) is 0.429. The quantitative estimate of drug-likeness (QED) is 0.845. The van der Waals surface area contributed by atoms with Gasteiger partial charge in [0.05, 0.1) is 5.02 Å². The molecule has 0 radical (unpaired) electrons. The molecule has 0 spiro atoms. The Morgan fingerprint density at radius 2 is 2.17 bits per heavy atom. The first-order valence-electron chi connectivity index (χ1n) is 6.23. The van der Waals surface area contributed by atoms with E-state index in [0.29, 0.717) is 0 Å². The molecule has 98 valence electrons. The van der Waals surface area contributed by atoms with Crippen LogP contribution >= 0.6 is 11.6 Å². The van der Waals surface area contributed by atoms with Gasteiger partial charge in [-0.2, -0.15) is 0 Å². The number of nitrogens with zero attached hydrogens (tertiary/aromatic N) is 1. The number of rotatable bonds is 4. The number of nitrogens with one attached hydrogen (secondary N) is 1. The van der Waals surface area contributed by atoms with E-state index in [-0.39, 0.29) is 16.9 Å². The molecule has 1 aromatic carbocycles. The Morgan fingerprint density at radius 3 is 2.83 bits per heavy atom. The van der Waals surface area contributed by atoms with Gasteiger partial charge in [-0.25, -0.2) is 4.39 Å². The van der Waals surface area contributed by atoms with Gasteiger partial charge in [0.1, 0.15) is 5.82 Å². The smallest absolute Gasteiger partial charge is 0.142 e. The summed E-state index contributed by atoms with van der Waals surface area (Å²) in [5.74, 6) is -0.349. The third kappa shape index (κ3) is 2.91. The minimum absolute atomic E-state index is 0.118. The van der Waals surface area contributed by atoms with E-state index in [1.54, 1.807) is 6.07 Å². The molecule has 1 fully saturated rings. The van der Waals surface area contributed by atoms with Crippen molar-refractivity contribution in [1.29, 1.82) is 0 Å².